The summed E-state index contributed by atoms with van der Waals surface area (Å²) in [6.07, 6.45) is 0. The van der Waals surface area contributed by atoms with Crippen LogP contribution in [-0.2, 0) is 0 Å². The molecule has 0 unspecified atom stereocenters. The number of benzene rings is 22. The van der Waals surface area contributed by atoms with Crippen LogP contribution in [0.25, 0.3) is 284 Å². The highest BCUT2D eigenvalue weighted by molar-refractivity contribution is 7.27. The van der Waals surface area contributed by atoms with E-state index in [1.165, 1.54) is 177 Å². The second-order valence-electron chi connectivity index (χ2n) is 37.0. The van der Waals surface area contributed by atoms with Crippen LogP contribution in [0.3, 0.4) is 0 Å². The molecule has 10 nitrogen and oxygen atoms in total. The maximum absolute atomic E-state index is 5.14. The van der Waals surface area contributed by atoms with Gasteiger partial charge in [-0.3, -0.25) is 0 Å². The topological polar surface area (TPSA) is 97.1 Å². The Labute approximate surface area is 834 Å². The molecule has 12 heteroatoms. The van der Waals surface area contributed by atoms with Gasteiger partial charge in [0.15, 0.2) is 34.9 Å². The van der Waals surface area contributed by atoms with Crippen molar-refractivity contribution in [3.05, 3.63) is 485 Å². The van der Waals surface area contributed by atoms with Crippen molar-refractivity contribution < 1.29 is 0 Å². The average Bonchev–Trinajstić information content (AvgIpc) is 1.55. The molecule has 0 aliphatic carbocycles. The molecule has 8 aromatic heterocycles. The largest absolute Gasteiger partial charge is 0.309 e. The van der Waals surface area contributed by atoms with Crippen LogP contribution in [0, 0.1) is 0 Å². The van der Waals surface area contributed by atoms with Crippen LogP contribution in [0.2, 0.25) is 0 Å². The smallest absolute Gasteiger partial charge is 0.164 e. The lowest BCUT2D eigenvalue weighted by atomic mass is 9.93. The Morgan fingerprint density at radius 2 is 0.382 bits per heavy atom. The highest BCUT2D eigenvalue weighted by Gasteiger charge is 2.27. The molecule has 30 rings (SSSR count). The maximum atomic E-state index is 5.14. The van der Waals surface area contributed by atoms with Gasteiger partial charge >= 0.3 is 0 Å². The molecular weight excluding hydrogens is 1790 g/mol. The van der Waals surface area contributed by atoms with Crippen molar-refractivity contribution in [2.24, 2.45) is 0 Å². The lowest BCUT2D eigenvalue weighted by Gasteiger charge is -2.15. The molecule has 0 N–H and O–H groups in total. The molecule has 0 amide bonds. The minimum absolute atomic E-state index is 0.634. The molecule has 0 aliphatic heterocycles. The van der Waals surface area contributed by atoms with Gasteiger partial charge in [0.1, 0.15) is 0 Å². The van der Waals surface area contributed by atoms with E-state index in [0.29, 0.717) is 34.9 Å². The lowest BCUT2D eigenvalue weighted by Crippen LogP contribution is -2.00. The second-order valence-corrected chi connectivity index (χ2v) is 39.1. The third kappa shape index (κ3) is 13.4. The number of fused-ring (bicyclic) bond motifs is 26. The van der Waals surface area contributed by atoms with E-state index in [9.17, 15) is 0 Å². The molecule has 22 aromatic carbocycles. The van der Waals surface area contributed by atoms with Crippen LogP contribution in [-0.4, -0.2) is 48.2 Å². The summed E-state index contributed by atoms with van der Waals surface area (Å²) in [4.78, 5) is 30.0. The van der Waals surface area contributed by atoms with Crippen molar-refractivity contribution in [1.29, 1.82) is 0 Å². The third-order valence-corrected chi connectivity index (χ3v) is 31.5. The first-order valence-corrected chi connectivity index (χ1v) is 50.3. The predicted molar refractivity (Wildman–Crippen MR) is 604 cm³/mol. The molecule has 0 spiro atoms. The highest BCUT2D eigenvalue weighted by atomic mass is 32.1. The summed E-state index contributed by atoms with van der Waals surface area (Å²) >= 11 is 3.82. The van der Waals surface area contributed by atoms with E-state index in [0.717, 1.165) is 72.3 Å². The molecule has 144 heavy (non-hydrogen) atoms. The van der Waals surface area contributed by atoms with E-state index < -0.39 is 0 Å². The van der Waals surface area contributed by atoms with Gasteiger partial charge in [0.25, 0.3) is 0 Å². The Balaban J connectivity index is 0.000000137. The van der Waals surface area contributed by atoms with Crippen molar-refractivity contribution in [3.8, 4) is 124 Å². The van der Waals surface area contributed by atoms with E-state index in [1.807, 2.05) is 120 Å². The van der Waals surface area contributed by atoms with Gasteiger partial charge in [0, 0.05) is 130 Å². The maximum Gasteiger partial charge on any atom is 0.164 e. The Bertz CT molecular complexity index is 10300. The van der Waals surface area contributed by atoms with Crippen molar-refractivity contribution in [2.75, 3.05) is 0 Å². The summed E-state index contributed by atoms with van der Waals surface area (Å²) in [6.45, 7) is 0. The molecule has 670 valence electrons. The van der Waals surface area contributed by atoms with Crippen LogP contribution in [0.4, 0.5) is 0 Å². The summed E-state index contributed by atoms with van der Waals surface area (Å²) < 4.78 is 15.0. The van der Waals surface area contributed by atoms with Gasteiger partial charge in [-0.25, -0.2) is 29.9 Å². The van der Waals surface area contributed by atoms with Crippen molar-refractivity contribution in [1.82, 2.24) is 48.2 Å². The Hall–Kier alpha value is -18.7. The van der Waals surface area contributed by atoms with E-state index in [4.69, 9.17) is 29.9 Å². The first-order valence-electron chi connectivity index (χ1n) is 48.7. The van der Waals surface area contributed by atoms with Gasteiger partial charge in [-0.05, 0) is 169 Å². The molecule has 0 saturated heterocycles. The number of para-hydroxylation sites is 6. The predicted octanol–water partition coefficient (Wildman–Crippen LogP) is 35.3. The minimum atomic E-state index is 0.634. The first-order chi connectivity index (χ1) is 71.4. The Morgan fingerprint density at radius 1 is 0.132 bits per heavy atom. The second kappa shape index (κ2) is 33.5. The van der Waals surface area contributed by atoms with Gasteiger partial charge in [-0.2, -0.15) is 0 Å². The fourth-order valence-corrected chi connectivity index (χ4v) is 25.1. The molecule has 0 atom stereocenters. The summed E-state index contributed by atoms with van der Waals surface area (Å²) in [5.74, 6) is 3.87. The summed E-state index contributed by atoms with van der Waals surface area (Å²) in [7, 11) is 0. The van der Waals surface area contributed by atoms with Gasteiger partial charge in [-0.1, -0.05) is 382 Å². The van der Waals surface area contributed by atoms with Gasteiger partial charge in [-0.15, -0.1) is 22.7 Å². The summed E-state index contributed by atoms with van der Waals surface area (Å²) in [5, 5.41) is 22.3. The number of hydrogen-bond donors (Lipinski definition) is 0. The molecule has 0 fully saturated rings. The van der Waals surface area contributed by atoms with E-state index in [1.54, 1.807) is 0 Å². The van der Waals surface area contributed by atoms with Crippen LogP contribution >= 0.6 is 22.7 Å². The molecule has 8 heterocycles. The van der Waals surface area contributed by atoms with E-state index in [-0.39, 0.29) is 0 Å². The monoisotopic (exact) mass is 1870 g/mol. The van der Waals surface area contributed by atoms with Crippen LogP contribution in [0.5, 0.6) is 0 Å². The molecule has 0 saturated carbocycles. The zero-order valence-corrected chi connectivity index (χ0v) is 79.1. The van der Waals surface area contributed by atoms with Gasteiger partial charge in [0.2, 0.25) is 0 Å². The Morgan fingerprint density at radius 3 is 0.799 bits per heavy atom. The number of nitrogens with zero attached hydrogens (tertiary/aromatic N) is 10. The standard InChI is InChI=1S/C69H41N5S.C63H39N5S/c1-4-17-42(18-5-1)67-70-68(43-19-6-2-7-20-43)72-69(71-67)45-31-34-51-49-23-10-11-24-50(49)52-35-33-47(41-59(52)58(51)40-45)73-61-29-14-13-26-54(61)60-39-44(32-38-63(60)73)48-27-16-28-56-57-37-36-55-53-25-12-15-30-62(53)74(46-21-8-3-9-22-46)64(55)66(57)75-65(48)56;1-4-15-42(16-5-1)61-64-62(43-17-6-2-7-18-43)66-63(65-61)44-29-27-40(28-30-44)41-31-34-47(35-32-41)67-55-25-12-11-22-50(55)54-39-45(33-38-57(54)67)48-23-14-24-52-53-37-36-51-49-21-10-13-26-56(49)68(46-19-8-3-9-20-46)58(51)60(53)69-59(48)52/h1-41H;1-39H. The van der Waals surface area contributed by atoms with Crippen molar-refractivity contribution in [3.63, 3.8) is 0 Å². The van der Waals surface area contributed by atoms with Crippen molar-refractivity contribution in [2.45, 2.75) is 0 Å². The van der Waals surface area contributed by atoms with Gasteiger partial charge < -0.3 is 18.3 Å². The van der Waals surface area contributed by atoms with Gasteiger partial charge in [0.05, 0.1) is 53.5 Å². The zero-order valence-electron chi connectivity index (χ0n) is 77.5. The number of thiophene rings is 2. The molecule has 0 aliphatic rings. The number of aromatic nitrogens is 10. The fourth-order valence-electron chi connectivity index (χ4n) is 22.3. The van der Waals surface area contributed by atoms with E-state index >= 15 is 0 Å². The summed E-state index contributed by atoms with van der Waals surface area (Å²) in [6, 6.07) is 174. The number of rotatable bonds is 13. The minimum Gasteiger partial charge on any atom is -0.309 e. The first kappa shape index (κ1) is 82.4. The van der Waals surface area contributed by atoms with Crippen LogP contribution < -0.4 is 0 Å². The third-order valence-electron chi connectivity index (χ3n) is 28.9. The molecule has 0 radical (unpaired) electrons. The fraction of sp³-hybridized carbons (Fsp3) is 0. The zero-order chi connectivity index (χ0) is 94.6. The summed E-state index contributed by atoms with van der Waals surface area (Å²) in [5.41, 5.74) is 27.1. The normalized spacial score (nSPS) is 11.9. The quantitative estimate of drug-likeness (QED) is 0.107. The average molecular weight is 1870 g/mol. The molecular formula is C132H80N10S2. The van der Waals surface area contributed by atoms with E-state index in [2.05, 4.69) is 407 Å². The Kier molecular flexibility index (Phi) is 19.2. The number of hydrogen-bond acceptors (Lipinski definition) is 8. The van der Waals surface area contributed by atoms with Crippen LogP contribution in [0.1, 0.15) is 0 Å². The molecule has 30 aromatic rings. The lowest BCUT2D eigenvalue weighted by molar-refractivity contribution is 1.07. The SMILES string of the molecule is c1ccc(-c2nc(-c3ccccc3)nc(-c3ccc(-c4ccc(-n5c6ccccc6c6cc(-c7cccc8c7sc7c8ccc8c9ccccc9n(-c9ccccc9)c87)ccc65)cc4)cc3)n2)cc1.c1ccc(-c2nc(-c3ccccc3)nc(-c3ccc4c5ccccc5c5ccc(-n6c7ccccc7c7cc(-c8cccc9c8sc8c9ccc9c%10ccccc%10n(-c%10ccccc%10)c98)ccc76)cc5c4c3)n2)cc1. The van der Waals surface area contributed by atoms with Crippen molar-refractivity contribution >= 4 is 183 Å². The van der Waals surface area contributed by atoms with Crippen LogP contribution in [0.15, 0.2) is 485 Å². The molecule has 0 bridgehead atoms. The highest BCUT2D eigenvalue weighted by Crippen LogP contribution is 2.51.